The first-order valence-corrected chi connectivity index (χ1v) is 6.59. The Balaban J connectivity index is 2.17. The van der Waals surface area contributed by atoms with Crippen molar-refractivity contribution in [3.63, 3.8) is 0 Å². The summed E-state index contributed by atoms with van der Waals surface area (Å²) in [6, 6.07) is 0. The first kappa shape index (κ1) is 16.3. The van der Waals surface area contributed by atoms with Gasteiger partial charge < -0.3 is 0 Å². The van der Waals surface area contributed by atoms with Crippen LogP contribution < -0.4 is 5.43 Å². The van der Waals surface area contributed by atoms with E-state index < -0.39 is 22.5 Å². The molecule has 0 aliphatic rings. The maximum atomic E-state index is 13.7. The van der Waals surface area contributed by atoms with E-state index in [4.69, 9.17) is 0 Å². The molecule has 122 valence electrons. The fourth-order valence-electron chi connectivity index (χ4n) is 1.87. The number of aryl methyl sites for hydroxylation is 2. The number of halogens is 1. The van der Waals surface area contributed by atoms with Gasteiger partial charge in [0.05, 0.1) is 22.9 Å². The molecule has 0 aromatic carbocycles. The average molecular weight is 323 g/mol. The minimum absolute atomic E-state index is 0.0823. The Morgan fingerprint density at radius 1 is 1.61 bits per heavy atom. The number of carbonyl (C=O) groups is 1. The third-order valence-electron chi connectivity index (χ3n) is 3.17. The second kappa shape index (κ2) is 6.34. The van der Waals surface area contributed by atoms with Crippen LogP contribution in [0.15, 0.2) is 11.3 Å². The van der Waals surface area contributed by atoms with E-state index in [9.17, 15) is 19.3 Å². The van der Waals surface area contributed by atoms with Crippen LogP contribution in [0.25, 0.3) is 0 Å². The van der Waals surface area contributed by atoms with Gasteiger partial charge in [0.25, 0.3) is 5.91 Å². The van der Waals surface area contributed by atoms with Gasteiger partial charge in [-0.2, -0.15) is 19.7 Å². The van der Waals surface area contributed by atoms with Crippen LogP contribution in [0.3, 0.4) is 0 Å². The second-order valence-corrected chi connectivity index (χ2v) is 4.57. The Morgan fingerprint density at radius 3 is 2.87 bits per heavy atom. The number of hydrazone groups is 1. The van der Waals surface area contributed by atoms with E-state index >= 15 is 0 Å². The third-order valence-corrected chi connectivity index (χ3v) is 3.17. The van der Waals surface area contributed by atoms with E-state index in [1.54, 1.807) is 6.92 Å². The molecule has 0 unspecified atom stereocenters. The monoisotopic (exact) mass is 323 g/mol. The molecule has 1 N–H and O–H groups in total. The fourth-order valence-corrected chi connectivity index (χ4v) is 1.87. The maximum Gasteiger partial charge on any atom is 0.322 e. The van der Waals surface area contributed by atoms with Crippen LogP contribution >= 0.6 is 0 Å². The van der Waals surface area contributed by atoms with Gasteiger partial charge in [-0.3, -0.25) is 19.6 Å². The Kier molecular flexibility index (Phi) is 4.48. The van der Waals surface area contributed by atoms with Crippen LogP contribution in [-0.2, 0) is 13.6 Å². The van der Waals surface area contributed by atoms with Crippen LogP contribution in [0.4, 0.5) is 10.1 Å². The van der Waals surface area contributed by atoms with Gasteiger partial charge in [0.15, 0.2) is 0 Å². The normalized spacial score (nSPS) is 11.1. The molecule has 1 amide bonds. The number of carbonyl (C=O) groups excluding carboxylic acids is 1. The molecule has 0 bridgehead atoms. The molecule has 2 aromatic heterocycles. The highest BCUT2D eigenvalue weighted by Crippen LogP contribution is 2.21. The molecule has 0 aliphatic heterocycles. The summed E-state index contributed by atoms with van der Waals surface area (Å²) in [5.74, 6) is -1.45. The summed E-state index contributed by atoms with van der Waals surface area (Å²) in [6.07, 6.45) is 2.32. The Labute approximate surface area is 129 Å². The average Bonchev–Trinajstić information content (AvgIpc) is 3.00. The van der Waals surface area contributed by atoms with E-state index in [1.807, 2.05) is 0 Å². The van der Waals surface area contributed by atoms with Crippen LogP contribution in [-0.4, -0.2) is 36.6 Å². The quantitative estimate of drug-likeness (QED) is 0.494. The topological polar surface area (TPSA) is 120 Å². The van der Waals surface area contributed by atoms with Gasteiger partial charge in [0, 0.05) is 13.6 Å². The van der Waals surface area contributed by atoms with Gasteiger partial charge in [0.2, 0.25) is 11.6 Å². The van der Waals surface area contributed by atoms with Crippen LogP contribution in [0.2, 0.25) is 0 Å². The van der Waals surface area contributed by atoms with Gasteiger partial charge in [-0.25, -0.2) is 10.1 Å². The molecule has 0 saturated carbocycles. The SMILES string of the molecule is CCn1ncc(/C=N/NC(=O)c2nn(C)c(C)c2[N+](=O)[O-])c1F. The highest BCUT2D eigenvalue weighted by molar-refractivity contribution is 5.97. The predicted octanol–water partition coefficient (Wildman–Crippen LogP) is 0.756. The van der Waals surface area contributed by atoms with Crippen molar-refractivity contribution >= 4 is 17.8 Å². The summed E-state index contributed by atoms with van der Waals surface area (Å²) in [5.41, 5.74) is 1.64. The van der Waals surface area contributed by atoms with Gasteiger partial charge in [-0.1, -0.05) is 0 Å². The molecule has 23 heavy (non-hydrogen) atoms. The van der Waals surface area contributed by atoms with E-state index in [1.165, 1.54) is 24.9 Å². The predicted molar refractivity (Wildman–Crippen MR) is 77.5 cm³/mol. The zero-order valence-corrected chi connectivity index (χ0v) is 12.6. The number of hydrogen-bond donors (Lipinski definition) is 1. The standard InChI is InChI=1S/C12H14FN7O3/c1-4-19-11(13)8(6-15-19)5-14-16-12(21)9-10(20(22)23)7(2)18(3)17-9/h5-6H,4H2,1-3H3,(H,16,21)/b14-5+. The zero-order chi connectivity index (χ0) is 17.1. The highest BCUT2D eigenvalue weighted by atomic mass is 19.1. The van der Waals surface area contributed by atoms with Gasteiger partial charge in [-0.15, -0.1) is 0 Å². The molecule has 11 heteroatoms. The van der Waals surface area contributed by atoms with E-state index in [0.29, 0.717) is 6.54 Å². The van der Waals surface area contributed by atoms with Crippen molar-refractivity contribution in [1.29, 1.82) is 0 Å². The lowest BCUT2D eigenvalue weighted by atomic mass is 10.3. The van der Waals surface area contributed by atoms with Crippen LogP contribution in [0.1, 0.15) is 28.7 Å². The molecule has 0 aliphatic carbocycles. The molecular weight excluding hydrogens is 309 g/mol. The van der Waals surface area contributed by atoms with Crippen LogP contribution in [0, 0.1) is 23.0 Å². The van der Waals surface area contributed by atoms with Crippen molar-refractivity contribution in [3.8, 4) is 0 Å². The van der Waals surface area contributed by atoms with Crippen LogP contribution in [0.5, 0.6) is 0 Å². The smallest absolute Gasteiger partial charge is 0.265 e. The number of nitrogens with one attached hydrogen (secondary N) is 1. The number of rotatable bonds is 5. The third kappa shape index (κ3) is 3.07. The van der Waals surface area contributed by atoms with E-state index in [0.717, 1.165) is 10.9 Å². The Hall–Kier alpha value is -3.11. The van der Waals surface area contributed by atoms with Crippen molar-refractivity contribution in [2.75, 3.05) is 0 Å². The number of nitrogens with zero attached hydrogens (tertiary/aromatic N) is 6. The van der Waals surface area contributed by atoms with Gasteiger partial charge >= 0.3 is 5.69 Å². The molecule has 0 atom stereocenters. The van der Waals surface area contributed by atoms with Crippen molar-refractivity contribution in [2.45, 2.75) is 20.4 Å². The fraction of sp³-hybridized carbons (Fsp3) is 0.333. The number of aromatic nitrogens is 4. The number of hydrogen-bond acceptors (Lipinski definition) is 6. The van der Waals surface area contributed by atoms with Crippen molar-refractivity contribution in [1.82, 2.24) is 25.0 Å². The first-order chi connectivity index (χ1) is 10.9. The molecule has 0 fully saturated rings. The molecule has 2 aromatic rings. The van der Waals surface area contributed by atoms with Crippen molar-refractivity contribution in [3.05, 3.63) is 39.2 Å². The van der Waals surface area contributed by atoms with Crippen molar-refractivity contribution in [2.24, 2.45) is 12.1 Å². The lowest BCUT2D eigenvalue weighted by Crippen LogP contribution is -2.19. The van der Waals surface area contributed by atoms with E-state index in [2.05, 4.69) is 20.7 Å². The molecule has 2 rings (SSSR count). The summed E-state index contributed by atoms with van der Waals surface area (Å²) < 4.78 is 16.0. The minimum Gasteiger partial charge on any atom is -0.265 e. The first-order valence-electron chi connectivity index (χ1n) is 6.59. The molecule has 2 heterocycles. The summed E-state index contributed by atoms with van der Waals surface area (Å²) >= 11 is 0. The van der Waals surface area contributed by atoms with E-state index in [-0.39, 0.29) is 17.0 Å². The molecular formula is C12H14FN7O3. The zero-order valence-electron chi connectivity index (χ0n) is 12.6. The second-order valence-electron chi connectivity index (χ2n) is 4.57. The summed E-state index contributed by atoms with van der Waals surface area (Å²) in [4.78, 5) is 22.3. The molecule has 0 radical (unpaired) electrons. The summed E-state index contributed by atoms with van der Waals surface area (Å²) in [6.45, 7) is 3.55. The summed E-state index contributed by atoms with van der Waals surface area (Å²) in [7, 11) is 1.48. The van der Waals surface area contributed by atoms with Crippen molar-refractivity contribution < 1.29 is 14.1 Å². The maximum absolute atomic E-state index is 13.7. The molecule has 0 saturated heterocycles. The Morgan fingerprint density at radius 2 is 2.30 bits per heavy atom. The van der Waals surface area contributed by atoms with Gasteiger partial charge in [-0.05, 0) is 13.8 Å². The largest absolute Gasteiger partial charge is 0.322 e. The molecule has 10 nitrogen and oxygen atoms in total. The Bertz CT molecular complexity index is 793. The minimum atomic E-state index is -0.861. The number of nitro groups is 1. The lowest BCUT2D eigenvalue weighted by Gasteiger charge is -1.96. The molecule has 0 spiro atoms. The lowest BCUT2D eigenvalue weighted by molar-refractivity contribution is -0.385. The summed E-state index contributed by atoms with van der Waals surface area (Å²) in [5, 5.41) is 22.2. The highest BCUT2D eigenvalue weighted by Gasteiger charge is 2.28. The number of amides is 1. The van der Waals surface area contributed by atoms with Gasteiger partial charge in [0.1, 0.15) is 5.69 Å².